The van der Waals surface area contributed by atoms with Gasteiger partial charge in [0.2, 0.25) is 6.10 Å². The number of alkyl halides is 3. The molecule has 0 spiro atoms. The number of amides is 1. The van der Waals surface area contributed by atoms with E-state index in [1.165, 1.54) is 0 Å². The third-order valence-electron chi connectivity index (χ3n) is 3.89. The number of carbonyl (C=O) groups excluding carboxylic acids is 1. The molecule has 6 heteroatoms. The van der Waals surface area contributed by atoms with E-state index in [1.54, 1.807) is 0 Å². The van der Waals surface area contributed by atoms with E-state index in [1.807, 2.05) is 48.5 Å². The number of halogens is 3. The van der Waals surface area contributed by atoms with Gasteiger partial charge >= 0.3 is 6.18 Å². The van der Waals surface area contributed by atoms with E-state index in [2.05, 4.69) is 0 Å². The third-order valence-corrected chi connectivity index (χ3v) is 3.89. The highest BCUT2D eigenvalue weighted by molar-refractivity contribution is 5.82. The van der Waals surface area contributed by atoms with Gasteiger partial charge in [-0.2, -0.15) is 13.2 Å². The third kappa shape index (κ3) is 3.07. The summed E-state index contributed by atoms with van der Waals surface area (Å²) in [5.41, 5.74) is 3.53. The van der Waals surface area contributed by atoms with Crippen LogP contribution in [0.3, 0.4) is 0 Å². The maximum Gasteiger partial charge on any atom is 0.423 e. The minimum atomic E-state index is -4.94. The van der Waals surface area contributed by atoms with Crippen LogP contribution in [0.4, 0.5) is 13.2 Å². The van der Waals surface area contributed by atoms with Gasteiger partial charge in [-0.05, 0) is 28.3 Å². The first kappa shape index (κ1) is 15.6. The summed E-state index contributed by atoms with van der Waals surface area (Å²) in [6, 6.07) is 15.1. The molecule has 0 aliphatic carbocycles. The summed E-state index contributed by atoms with van der Waals surface area (Å²) in [5.74, 6) is -1.31. The average Bonchev–Trinajstić information content (AvgIpc) is 2.96. The molecule has 2 aromatic rings. The number of hydrogen-bond acceptors (Lipinski definition) is 2. The largest absolute Gasteiger partial charge is 0.423 e. The molecule has 1 aliphatic heterocycles. The Morgan fingerprint density at radius 3 is 2.30 bits per heavy atom. The number of nitrogens with zero attached hydrogens (tertiary/aromatic N) is 1. The zero-order valence-corrected chi connectivity index (χ0v) is 12.0. The molecule has 1 aliphatic rings. The topological polar surface area (TPSA) is 40.5 Å². The fraction of sp³-hybridized carbons (Fsp3) is 0.235. The molecule has 0 aromatic heterocycles. The molecule has 2 aromatic carbocycles. The second kappa shape index (κ2) is 5.70. The number of fused-ring (bicyclic) bond motifs is 1. The Hall–Kier alpha value is -2.34. The Morgan fingerprint density at radius 1 is 1.00 bits per heavy atom. The molecule has 1 amide bonds. The van der Waals surface area contributed by atoms with Crippen molar-refractivity contribution in [1.29, 1.82) is 0 Å². The summed E-state index contributed by atoms with van der Waals surface area (Å²) >= 11 is 0. The fourth-order valence-electron chi connectivity index (χ4n) is 2.67. The van der Waals surface area contributed by atoms with Gasteiger partial charge in [-0.1, -0.05) is 42.5 Å². The first-order valence-corrected chi connectivity index (χ1v) is 7.07. The summed E-state index contributed by atoms with van der Waals surface area (Å²) < 4.78 is 37.4. The SMILES string of the molecule is O=C(C(O)C(F)(F)F)N1Cc2ccc(-c3ccccc3)cc2C1. The lowest BCUT2D eigenvalue weighted by atomic mass is 10.0. The van der Waals surface area contributed by atoms with Gasteiger partial charge in [0.05, 0.1) is 0 Å². The Morgan fingerprint density at radius 2 is 1.65 bits per heavy atom. The molecule has 0 saturated heterocycles. The zero-order chi connectivity index (χ0) is 16.6. The fourth-order valence-corrected chi connectivity index (χ4v) is 2.67. The van der Waals surface area contributed by atoms with E-state index in [4.69, 9.17) is 5.11 Å². The molecular formula is C17H14F3NO2. The van der Waals surface area contributed by atoms with Crippen LogP contribution < -0.4 is 0 Å². The summed E-state index contributed by atoms with van der Waals surface area (Å²) in [5, 5.41) is 9.11. The van der Waals surface area contributed by atoms with Crippen molar-refractivity contribution >= 4 is 5.91 Å². The van der Waals surface area contributed by atoms with Crippen molar-refractivity contribution in [3.63, 3.8) is 0 Å². The maximum absolute atomic E-state index is 12.5. The highest BCUT2D eigenvalue weighted by Crippen LogP contribution is 2.30. The van der Waals surface area contributed by atoms with Crippen LogP contribution in [0.2, 0.25) is 0 Å². The number of aliphatic hydroxyl groups excluding tert-OH is 1. The van der Waals surface area contributed by atoms with Crippen molar-refractivity contribution in [2.75, 3.05) is 0 Å². The lowest BCUT2D eigenvalue weighted by Crippen LogP contribution is -2.44. The average molecular weight is 321 g/mol. The van der Waals surface area contributed by atoms with Crippen LogP contribution in [-0.2, 0) is 17.9 Å². The van der Waals surface area contributed by atoms with Crippen molar-refractivity contribution in [2.24, 2.45) is 0 Å². The van der Waals surface area contributed by atoms with Crippen LogP contribution in [0.15, 0.2) is 48.5 Å². The summed E-state index contributed by atoms with van der Waals surface area (Å²) in [6.45, 7) is 0.151. The Balaban J connectivity index is 1.81. The molecular weight excluding hydrogens is 307 g/mol. The molecule has 0 saturated carbocycles. The Labute approximate surface area is 131 Å². The predicted molar refractivity (Wildman–Crippen MR) is 78.2 cm³/mol. The Bertz CT molecular complexity index is 728. The summed E-state index contributed by atoms with van der Waals surface area (Å²) in [4.78, 5) is 12.8. The second-order valence-corrected chi connectivity index (χ2v) is 5.49. The standard InChI is InChI=1S/C17H14F3NO2/c18-17(19,20)15(22)16(23)21-9-13-7-6-12(8-14(13)10-21)11-4-2-1-3-5-11/h1-8,15,22H,9-10H2. The molecule has 1 N–H and O–H groups in total. The van der Waals surface area contributed by atoms with E-state index in [-0.39, 0.29) is 13.1 Å². The van der Waals surface area contributed by atoms with Crippen LogP contribution in [0.5, 0.6) is 0 Å². The number of carbonyl (C=O) groups is 1. The number of aliphatic hydroxyl groups is 1. The van der Waals surface area contributed by atoms with E-state index in [9.17, 15) is 18.0 Å². The molecule has 23 heavy (non-hydrogen) atoms. The zero-order valence-electron chi connectivity index (χ0n) is 12.0. The quantitative estimate of drug-likeness (QED) is 0.923. The van der Waals surface area contributed by atoms with Gasteiger partial charge in [-0.3, -0.25) is 4.79 Å². The minimum absolute atomic E-state index is 0.0714. The molecule has 3 nitrogen and oxygen atoms in total. The monoisotopic (exact) mass is 321 g/mol. The maximum atomic E-state index is 12.5. The van der Waals surface area contributed by atoms with Gasteiger partial charge < -0.3 is 10.0 Å². The van der Waals surface area contributed by atoms with E-state index >= 15 is 0 Å². The Kier molecular flexibility index (Phi) is 3.85. The van der Waals surface area contributed by atoms with E-state index < -0.39 is 18.2 Å². The highest BCUT2D eigenvalue weighted by Gasteiger charge is 2.46. The molecule has 1 atom stereocenters. The molecule has 0 radical (unpaired) electrons. The van der Waals surface area contributed by atoms with Gasteiger partial charge in [-0.25, -0.2) is 0 Å². The first-order valence-electron chi connectivity index (χ1n) is 7.07. The second-order valence-electron chi connectivity index (χ2n) is 5.49. The first-order chi connectivity index (χ1) is 10.9. The predicted octanol–water partition coefficient (Wildman–Crippen LogP) is 3.12. The molecule has 1 heterocycles. The van der Waals surface area contributed by atoms with Crippen LogP contribution >= 0.6 is 0 Å². The van der Waals surface area contributed by atoms with Crippen molar-refractivity contribution in [2.45, 2.75) is 25.4 Å². The molecule has 1 unspecified atom stereocenters. The normalized spacial score (nSPS) is 15.4. The van der Waals surface area contributed by atoms with Crippen molar-refractivity contribution < 1.29 is 23.1 Å². The molecule has 0 fully saturated rings. The van der Waals surface area contributed by atoms with Crippen LogP contribution in [-0.4, -0.2) is 28.2 Å². The molecule has 120 valence electrons. The van der Waals surface area contributed by atoms with E-state index in [0.717, 1.165) is 27.2 Å². The van der Waals surface area contributed by atoms with Gasteiger partial charge in [0.15, 0.2) is 0 Å². The summed E-state index contributed by atoms with van der Waals surface area (Å²) in [7, 11) is 0. The van der Waals surface area contributed by atoms with Crippen molar-refractivity contribution in [1.82, 2.24) is 4.90 Å². The van der Waals surface area contributed by atoms with Gasteiger partial charge in [0.1, 0.15) is 0 Å². The lowest BCUT2D eigenvalue weighted by Gasteiger charge is -2.21. The smallest absolute Gasteiger partial charge is 0.376 e. The van der Waals surface area contributed by atoms with Gasteiger partial charge in [-0.15, -0.1) is 0 Å². The number of hydrogen-bond donors (Lipinski definition) is 1. The lowest BCUT2D eigenvalue weighted by molar-refractivity contribution is -0.211. The van der Waals surface area contributed by atoms with Crippen molar-refractivity contribution in [3.8, 4) is 11.1 Å². The molecule has 3 rings (SSSR count). The molecule has 0 bridgehead atoms. The van der Waals surface area contributed by atoms with Crippen molar-refractivity contribution in [3.05, 3.63) is 59.7 Å². The van der Waals surface area contributed by atoms with Gasteiger partial charge in [0, 0.05) is 13.1 Å². The van der Waals surface area contributed by atoms with Gasteiger partial charge in [0.25, 0.3) is 5.91 Å². The van der Waals surface area contributed by atoms with Crippen LogP contribution in [0.1, 0.15) is 11.1 Å². The summed E-state index contributed by atoms with van der Waals surface area (Å²) in [6.07, 6.45) is -7.91. The van der Waals surface area contributed by atoms with Crippen LogP contribution in [0.25, 0.3) is 11.1 Å². The number of benzene rings is 2. The highest BCUT2D eigenvalue weighted by atomic mass is 19.4. The van der Waals surface area contributed by atoms with E-state index in [0.29, 0.717) is 0 Å². The van der Waals surface area contributed by atoms with Crippen LogP contribution in [0, 0.1) is 0 Å². The number of rotatable bonds is 2. The minimum Gasteiger partial charge on any atom is -0.376 e.